The molecular formula is C46H72N2O8. The lowest BCUT2D eigenvalue weighted by Gasteiger charge is -2.72. The number of likely N-dealkylation sites (tertiary alicyclic amines) is 1. The summed E-state index contributed by atoms with van der Waals surface area (Å²) in [5, 5.41) is 12.9. The number of amides is 2. The second kappa shape index (κ2) is 14.1. The summed E-state index contributed by atoms with van der Waals surface area (Å²) in [4.78, 5) is 68.6. The molecule has 6 aliphatic rings. The minimum atomic E-state index is -1.18. The zero-order valence-electron chi connectivity index (χ0n) is 36.6. The number of nitrogens with one attached hydrogen (secondary N) is 1. The zero-order chi connectivity index (χ0) is 41.6. The van der Waals surface area contributed by atoms with Gasteiger partial charge in [0.1, 0.15) is 11.7 Å². The van der Waals surface area contributed by atoms with Crippen molar-refractivity contribution in [1.29, 1.82) is 0 Å². The van der Waals surface area contributed by atoms with Crippen LogP contribution in [0.3, 0.4) is 0 Å². The van der Waals surface area contributed by atoms with E-state index in [4.69, 9.17) is 9.47 Å². The first-order chi connectivity index (χ1) is 25.7. The Morgan fingerprint density at radius 1 is 0.875 bits per heavy atom. The highest BCUT2D eigenvalue weighted by Crippen LogP contribution is 2.76. The molecule has 10 heteroatoms. The molecule has 0 bridgehead atoms. The fourth-order valence-corrected chi connectivity index (χ4v) is 13.7. The fraction of sp³-hybridized carbons (Fsp3) is 0.848. The van der Waals surface area contributed by atoms with E-state index in [9.17, 15) is 29.1 Å². The molecule has 9 atom stereocenters. The average Bonchev–Trinajstić information content (AvgIpc) is 3.67. The number of esters is 1. The summed E-state index contributed by atoms with van der Waals surface area (Å²) in [6, 6.07) is -0.141. The summed E-state index contributed by atoms with van der Waals surface area (Å²) in [7, 11) is 0. The molecule has 6 rings (SSSR count). The molecule has 1 heterocycles. The lowest BCUT2D eigenvalue weighted by molar-refractivity contribution is -0.233. The maximum Gasteiger partial charge on any atom is 0.410 e. The lowest BCUT2D eigenvalue weighted by Crippen LogP contribution is -2.66. The summed E-state index contributed by atoms with van der Waals surface area (Å²) in [5.41, 5.74) is -1.04. The molecule has 1 saturated heterocycles. The van der Waals surface area contributed by atoms with Gasteiger partial charge in [0.25, 0.3) is 0 Å². The number of ether oxygens (including phenoxy) is 2. The number of carboxylic acids is 1. The van der Waals surface area contributed by atoms with Crippen LogP contribution in [0.2, 0.25) is 0 Å². The van der Waals surface area contributed by atoms with Crippen LogP contribution < -0.4 is 5.32 Å². The van der Waals surface area contributed by atoms with Crippen LogP contribution in [0.5, 0.6) is 0 Å². The van der Waals surface area contributed by atoms with Crippen molar-refractivity contribution in [2.75, 3.05) is 13.1 Å². The van der Waals surface area contributed by atoms with Crippen LogP contribution in [0.4, 0.5) is 4.79 Å². The van der Waals surface area contributed by atoms with Gasteiger partial charge in [0.05, 0.1) is 23.3 Å². The minimum absolute atomic E-state index is 0.0156. The quantitative estimate of drug-likeness (QED) is 0.233. The molecular weight excluding hydrogens is 709 g/mol. The second-order valence-electron chi connectivity index (χ2n) is 22.2. The van der Waals surface area contributed by atoms with E-state index in [1.165, 1.54) is 0 Å². The summed E-state index contributed by atoms with van der Waals surface area (Å²) < 4.78 is 11.9. The molecule has 0 aromatic carbocycles. The van der Waals surface area contributed by atoms with Gasteiger partial charge in [0.15, 0.2) is 5.78 Å². The van der Waals surface area contributed by atoms with E-state index >= 15 is 0 Å². The normalized spacial score (nSPS) is 38.0. The highest BCUT2D eigenvalue weighted by molar-refractivity contribution is 6.07. The lowest BCUT2D eigenvalue weighted by atomic mass is 9.33. The van der Waals surface area contributed by atoms with Gasteiger partial charge >= 0.3 is 18.0 Å². The summed E-state index contributed by atoms with van der Waals surface area (Å²) in [6.07, 6.45) is 8.31. The molecule has 5 aliphatic carbocycles. The number of Topliss-reactive ketones (excluding diaryl/α,β-unsaturated/α-hetero) is 1. The van der Waals surface area contributed by atoms with Crippen molar-refractivity contribution in [3.8, 4) is 0 Å². The molecule has 4 saturated carbocycles. The van der Waals surface area contributed by atoms with Crippen LogP contribution >= 0.6 is 0 Å². The molecule has 0 spiro atoms. The number of nitrogens with zero attached hydrogens (tertiary/aromatic N) is 1. The number of carbonyl (C=O) groups is 5. The van der Waals surface area contributed by atoms with Crippen LogP contribution in [0.15, 0.2) is 11.1 Å². The Morgan fingerprint density at radius 3 is 2.18 bits per heavy atom. The maximum atomic E-state index is 14.7. The topological polar surface area (TPSA) is 139 Å². The van der Waals surface area contributed by atoms with Crippen LogP contribution in [-0.4, -0.2) is 70.6 Å². The fourth-order valence-electron chi connectivity index (χ4n) is 13.7. The van der Waals surface area contributed by atoms with E-state index in [2.05, 4.69) is 53.8 Å². The highest BCUT2D eigenvalue weighted by atomic mass is 16.6. The molecule has 10 nitrogen and oxygen atoms in total. The van der Waals surface area contributed by atoms with Crippen molar-refractivity contribution >= 4 is 29.7 Å². The Bertz CT molecular complexity index is 1670. The van der Waals surface area contributed by atoms with E-state index in [1.54, 1.807) is 18.7 Å². The number of rotatable bonds is 8. The van der Waals surface area contributed by atoms with Gasteiger partial charge in [-0.15, -0.1) is 0 Å². The molecule has 0 radical (unpaired) electrons. The van der Waals surface area contributed by atoms with Crippen molar-refractivity contribution in [2.45, 2.75) is 178 Å². The van der Waals surface area contributed by atoms with Gasteiger partial charge in [-0.25, -0.2) is 4.79 Å². The Kier molecular flexibility index (Phi) is 10.8. The zero-order valence-corrected chi connectivity index (χ0v) is 36.6. The SMILES string of the molecule is CC(C)C1=C2C3CCC4[C@@]5(C)CC[C@H](OC(=O)CC(C)(C)C(=O)O)C(C)(C)C5CC[C@@]4(C)[C@]3(C)CC[C@@]2(C(=O)NC[C@@H]2CCCN2C(=O)OC(C)(C)C)CC1=O. The van der Waals surface area contributed by atoms with Crippen LogP contribution in [0.1, 0.15) is 160 Å². The van der Waals surface area contributed by atoms with Crippen LogP contribution in [-0.2, 0) is 28.7 Å². The molecule has 0 aromatic heterocycles. The number of carbonyl (C=O) groups excluding carboxylic acids is 4. The van der Waals surface area contributed by atoms with Crippen molar-refractivity contribution in [1.82, 2.24) is 10.2 Å². The first kappa shape index (κ1) is 42.7. The Hall–Kier alpha value is -2.91. The van der Waals surface area contributed by atoms with Gasteiger partial charge < -0.3 is 24.8 Å². The number of hydrogen-bond acceptors (Lipinski definition) is 7. The molecule has 0 aromatic rings. The standard InChI is InChI=1S/C46H72N2O8/c1-27(2)35-30(49)24-46(37(51)47-26-28-14-13-23-48(28)39(54)56-40(3,4)5)22-21-44(11)29(36(35)46)15-16-32-43(10)19-18-33(55-34(50)25-41(6,7)38(52)53)42(8,9)31(43)17-20-45(32,44)12/h27-29,31-33H,13-26H2,1-12H3,(H,47,51)(H,52,53)/t28-,29?,31?,32?,33-,43-,44+,45+,46+/m0/s1. The average molecular weight is 781 g/mol. The van der Waals surface area contributed by atoms with Gasteiger partial charge in [-0.1, -0.05) is 48.5 Å². The highest BCUT2D eigenvalue weighted by Gasteiger charge is 2.71. The van der Waals surface area contributed by atoms with E-state index in [-0.39, 0.29) is 76.3 Å². The predicted octanol–water partition coefficient (Wildman–Crippen LogP) is 8.90. The van der Waals surface area contributed by atoms with Gasteiger partial charge in [-0.3, -0.25) is 19.2 Å². The molecule has 2 amide bonds. The van der Waals surface area contributed by atoms with Gasteiger partial charge in [0, 0.05) is 24.9 Å². The number of fused-ring (bicyclic) bond motifs is 7. The Balaban J connectivity index is 1.25. The van der Waals surface area contributed by atoms with Gasteiger partial charge in [-0.05, 0) is 150 Å². The third-order valence-electron chi connectivity index (χ3n) is 16.7. The predicted molar refractivity (Wildman–Crippen MR) is 214 cm³/mol. The van der Waals surface area contributed by atoms with Gasteiger partial charge in [0.2, 0.25) is 5.91 Å². The number of hydrogen-bond donors (Lipinski definition) is 2. The van der Waals surface area contributed by atoms with E-state index in [1.807, 2.05) is 20.8 Å². The first-order valence-electron chi connectivity index (χ1n) is 21.7. The van der Waals surface area contributed by atoms with Crippen LogP contribution in [0.25, 0.3) is 0 Å². The largest absolute Gasteiger partial charge is 0.481 e. The summed E-state index contributed by atoms with van der Waals surface area (Å²) in [5.74, 6) is -0.476. The minimum Gasteiger partial charge on any atom is -0.481 e. The third kappa shape index (κ3) is 6.72. The Morgan fingerprint density at radius 2 is 1.55 bits per heavy atom. The first-order valence-corrected chi connectivity index (χ1v) is 21.7. The number of allylic oxidation sites excluding steroid dienone is 1. The molecule has 1 aliphatic heterocycles. The number of carboxylic acid groups (broad SMARTS) is 1. The van der Waals surface area contributed by atoms with Crippen molar-refractivity contribution < 1.29 is 38.6 Å². The molecule has 314 valence electrons. The third-order valence-corrected chi connectivity index (χ3v) is 16.7. The van der Waals surface area contributed by atoms with Crippen molar-refractivity contribution in [2.24, 2.45) is 56.2 Å². The molecule has 3 unspecified atom stereocenters. The second-order valence-corrected chi connectivity index (χ2v) is 22.2. The Labute approximate surface area is 336 Å². The van der Waals surface area contributed by atoms with Crippen LogP contribution in [0, 0.1) is 56.2 Å². The van der Waals surface area contributed by atoms with E-state index in [0.29, 0.717) is 31.3 Å². The van der Waals surface area contributed by atoms with Crippen molar-refractivity contribution in [3.63, 3.8) is 0 Å². The number of aliphatic carboxylic acids is 1. The van der Waals surface area contributed by atoms with E-state index < -0.39 is 28.4 Å². The monoisotopic (exact) mass is 781 g/mol. The maximum absolute atomic E-state index is 14.7. The van der Waals surface area contributed by atoms with E-state index in [0.717, 1.165) is 68.9 Å². The summed E-state index contributed by atoms with van der Waals surface area (Å²) in [6.45, 7) is 25.9. The molecule has 56 heavy (non-hydrogen) atoms. The smallest absolute Gasteiger partial charge is 0.410 e. The van der Waals surface area contributed by atoms with Crippen molar-refractivity contribution in [3.05, 3.63) is 11.1 Å². The number of ketones is 1. The van der Waals surface area contributed by atoms with Gasteiger partial charge in [-0.2, -0.15) is 0 Å². The molecule has 2 N–H and O–H groups in total. The molecule has 5 fully saturated rings. The summed E-state index contributed by atoms with van der Waals surface area (Å²) >= 11 is 0.